The van der Waals surface area contributed by atoms with Gasteiger partial charge in [-0.05, 0) is 13.3 Å². The van der Waals surface area contributed by atoms with Crippen LogP contribution in [0.4, 0.5) is 4.79 Å². The number of nitrogens with zero attached hydrogens (tertiary/aromatic N) is 1. The standard InChI is InChI=1S/C11H16N4O2S/c1-7-6-18-9(14-7)3-2-4-12-10(16)8-5-13-11(17)15-8/h6,8H,2-5H2,1H3,(H,12,16)(H2,13,15,17)/t8-/m0/s1. The van der Waals surface area contributed by atoms with E-state index in [1.54, 1.807) is 11.3 Å². The van der Waals surface area contributed by atoms with Crippen LogP contribution in [0.25, 0.3) is 0 Å². The van der Waals surface area contributed by atoms with Gasteiger partial charge in [0.2, 0.25) is 5.91 Å². The number of hydrogen-bond acceptors (Lipinski definition) is 4. The lowest BCUT2D eigenvalue weighted by Crippen LogP contribution is -2.43. The van der Waals surface area contributed by atoms with Gasteiger partial charge in [0.05, 0.1) is 5.01 Å². The Balaban J connectivity index is 1.63. The molecule has 1 aromatic heterocycles. The van der Waals surface area contributed by atoms with Crippen molar-refractivity contribution >= 4 is 23.3 Å². The van der Waals surface area contributed by atoms with Crippen LogP contribution in [0.1, 0.15) is 17.1 Å². The smallest absolute Gasteiger partial charge is 0.315 e. The SMILES string of the molecule is Cc1csc(CCCNC(=O)[C@@H]2CNC(=O)N2)n1. The molecular formula is C11H16N4O2S. The Bertz CT molecular complexity index is 446. The fourth-order valence-electron chi connectivity index (χ4n) is 1.71. The van der Waals surface area contributed by atoms with Gasteiger partial charge in [0, 0.05) is 30.6 Å². The second-order valence-corrected chi connectivity index (χ2v) is 5.13. The van der Waals surface area contributed by atoms with E-state index in [9.17, 15) is 9.59 Å². The Kier molecular flexibility index (Phi) is 4.14. The molecule has 1 saturated heterocycles. The molecule has 1 aliphatic rings. The number of carbonyl (C=O) groups is 2. The lowest BCUT2D eigenvalue weighted by atomic mass is 10.2. The third-order valence-corrected chi connectivity index (χ3v) is 3.65. The van der Waals surface area contributed by atoms with Gasteiger partial charge < -0.3 is 16.0 Å². The number of aryl methyl sites for hydroxylation is 2. The first-order valence-corrected chi connectivity index (χ1v) is 6.76. The Morgan fingerprint density at radius 2 is 2.50 bits per heavy atom. The van der Waals surface area contributed by atoms with Gasteiger partial charge in [-0.15, -0.1) is 11.3 Å². The van der Waals surface area contributed by atoms with Crippen molar-refractivity contribution in [1.29, 1.82) is 0 Å². The van der Waals surface area contributed by atoms with Crippen LogP contribution < -0.4 is 16.0 Å². The molecule has 0 saturated carbocycles. The third-order valence-electron chi connectivity index (χ3n) is 2.62. The second-order valence-electron chi connectivity index (χ2n) is 4.18. The average molecular weight is 268 g/mol. The molecular weight excluding hydrogens is 252 g/mol. The normalized spacial score (nSPS) is 18.3. The molecule has 2 rings (SSSR count). The molecule has 3 amide bonds. The molecule has 98 valence electrons. The summed E-state index contributed by atoms with van der Waals surface area (Å²) in [7, 11) is 0. The van der Waals surface area contributed by atoms with Crippen molar-refractivity contribution in [3.05, 3.63) is 16.1 Å². The van der Waals surface area contributed by atoms with Crippen LogP contribution >= 0.6 is 11.3 Å². The van der Waals surface area contributed by atoms with Gasteiger partial charge in [-0.2, -0.15) is 0 Å². The van der Waals surface area contributed by atoms with Gasteiger partial charge in [-0.1, -0.05) is 0 Å². The summed E-state index contributed by atoms with van der Waals surface area (Å²) in [6.07, 6.45) is 1.72. The topological polar surface area (TPSA) is 83.1 Å². The number of nitrogens with one attached hydrogen (secondary N) is 3. The number of urea groups is 1. The van der Waals surface area contributed by atoms with E-state index in [4.69, 9.17) is 0 Å². The fraction of sp³-hybridized carbons (Fsp3) is 0.545. The molecule has 2 heterocycles. The maximum atomic E-state index is 11.6. The Morgan fingerprint density at radius 1 is 1.67 bits per heavy atom. The molecule has 0 aromatic carbocycles. The highest BCUT2D eigenvalue weighted by Gasteiger charge is 2.25. The van der Waals surface area contributed by atoms with E-state index < -0.39 is 6.04 Å². The number of aromatic nitrogens is 1. The summed E-state index contributed by atoms with van der Waals surface area (Å²) < 4.78 is 0. The fourth-order valence-corrected chi connectivity index (χ4v) is 2.52. The third kappa shape index (κ3) is 3.43. The second kappa shape index (κ2) is 5.81. The highest BCUT2D eigenvalue weighted by molar-refractivity contribution is 7.09. The minimum Gasteiger partial charge on any atom is -0.354 e. The number of carbonyl (C=O) groups excluding carboxylic acids is 2. The predicted molar refractivity (Wildman–Crippen MR) is 68.5 cm³/mol. The van der Waals surface area contributed by atoms with E-state index in [1.807, 2.05) is 12.3 Å². The van der Waals surface area contributed by atoms with Crippen LogP contribution in [-0.2, 0) is 11.2 Å². The molecule has 7 heteroatoms. The summed E-state index contributed by atoms with van der Waals surface area (Å²) in [5.41, 5.74) is 1.04. The van der Waals surface area contributed by atoms with Gasteiger partial charge >= 0.3 is 6.03 Å². The molecule has 1 aliphatic heterocycles. The van der Waals surface area contributed by atoms with Crippen LogP contribution in [0.3, 0.4) is 0 Å². The molecule has 0 aliphatic carbocycles. The van der Waals surface area contributed by atoms with Crippen molar-refractivity contribution in [3.8, 4) is 0 Å². The molecule has 0 bridgehead atoms. The monoisotopic (exact) mass is 268 g/mol. The van der Waals surface area contributed by atoms with E-state index in [0.29, 0.717) is 13.1 Å². The molecule has 1 atom stereocenters. The Labute approximate surface area is 109 Å². The summed E-state index contributed by atoms with van der Waals surface area (Å²) in [5, 5.41) is 11.0. The molecule has 0 unspecified atom stereocenters. The minimum absolute atomic E-state index is 0.135. The molecule has 0 spiro atoms. The van der Waals surface area contributed by atoms with Gasteiger partial charge in [0.25, 0.3) is 0 Å². The zero-order chi connectivity index (χ0) is 13.0. The van der Waals surface area contributed by atoms with Crippen molar-refractivity contribution in [3.63, 3.8) is 0 Å². The minimum atomic E-state index is -0.445. The largest absolute Gasteiger partial charge is 0.354 e. The van der Waals surface area contributed by atoms with Crippen molar-refractivity contribution < 1.29 is 9.59 Å². The first kappa shape index (κ1) is 12.8. The summed E-state index contributed by atoms with van der Waals surface area (Å²) in [5.74, 6) is -0.135. The van der Waals surface area contributed by atoms with E-state index in [1.165, 1.54) is 0 Å². The van der Waals surface area contributed by atoms with Crippen LogP contribution in [0.5, 0.6) is 0 Å². The lowest BCUT2D eigenvalue weighted by Gasteiger charge is -2.09. The number of rotatable bonds is 5. The van der Waals surface area contributed by atoms with Crippen molar-refractivity contribution in [2.45, 2.75) is 25.8 Å². The molecule has 1 aromatic rings. The van der Waals surface area contributed by atoms with Crippen LogP contribution in [0, 0.1) is 6.92 Å². The van der Waals surface area contributed by atoms with Crippen molar-refractivity contribution in [2.75, 3.05) is 13.1 Å². The zero-order valence-electron chi connectivity index (χ0n) is 10.2. The van der Waals surface area contributed by atoms with Crippen molar-refractivity contribution in [1.82, 2.24) is 20.9 Å². The highest BCUT2D eigenvalue weighted by Crippen LogP contribution is 2.10. The quantitative estimate of drug-likeness (QED) is 0.666. The number of thiazole rings is 1. The van der Waals surface area contributed by atoms with E-state index >= 15 is 0 Å². The summed E-state index contributed by atoms with van der Waals surface area (Å²) >= 11 is 1.64. The number of amides is 3. The molecule has 0 radical (unpaired) electrons. The predicted octanol–water partition coefficient (Wildman–Crippen LogP) is 0.182. The van der Waals surface area contributed by atoms with Crippen LogP contribution in [-0.4, -0.2) is 36.1 Å². The van der Waals surface area contributed by atoms with Crippen LogP contribution in [0.15, 0.2) is 5.38 Å². The van der Waals surface area contributed by atoms with Gasteiger partial charge in [0.1, 0.15) is 6.04 Å². The van der Waals surface area contributed by atoms with Gasteiger partial charge in [0.15, 0.2) is 0 Å². The average Bonchev–Trinajstić information content (AvgIpc) is 2.93. The van der Waals surface area contributed by atoms with E-state index in [-0.39, 0.29) is 11.9 Å². The Hall–Kier alpha value is -1.63. The summed E-state index contributed by atoms with van der Waals surface area (Å²) in [6.45, 7) is 2.93. The first-order chi connectivity index (χ1) is 8.65. The summed E-state index contributed by atoms with van der Waals surface area (Å²) in [4.78, 5) is 26.8. The van der Waals surface area contributed by atoms with E-state index in [2.05, 4.69) is 20.9 Å². The maximum absolute atomic E-state index is 11.6. The zero-order valence-corrected chi connectivity index (χ0v) is 11.0. The van der Waals surface area contributed by atoms with Gasteiger partial charge in [-0.25, -0.2) is 9.78 Å². The molecule has 6 nitrogen and oxygen atoms in total. The molecule has 3 N–H and O–H groups in total. The Morgan fingerprint density at radius 3 is 3.11 bits per heavy atom. The summed E-state index contributed by atoms with van der Waals surface area (Å²) in [6, 6.07) is -0.729. The first-order valence-electron chi connectivity index (χ1n) is 5.88. The van der Waals surface area contributed by atoms with E-state index in [0.717, 1.165) is 23.5 Å². The van der Waals surface area contributed by atoms with Crippen molar-refractivity contribution in [2.24, 2.45) is 0 Å². The molecule has 18 heavy (non-hydrogen) atoms. The lowest BCUT2D eigenvalue weighted by molar-refractivity contribution is -0.122. The van der Waals surface area contributed by atoms with Crippen LogP contribution in [0.2, 0.25) is 0 Å². The van der Waals surface area contributed by atoms with Gasteiger partial charge in [-0.3, -0.25) is 4.79 Å². The highest BCUT2D eigenvalue weighted by atomic mass is 32.1. The number of hydrogen-bond donors (Lipinski definition) is 3. The maximum Gasteiger partial charge on any atom is 0.315 e. The molecule has 1 fully saturated rings.